The van der Waals surface area contributed by atoms with Gasteiger partial charge in [0, 0.05) is 5.92 Å². The van der Waals surface area contributed by atoms with Gasteiger partial charge in [-0.2, -0.15) is 10.5 Å². The second-order valence-corrected chi connectivity index (χ2v) is 5.36. The number of aromatic amines is 2. The Hall–Kier alpha value is -3.57. The second kappa shape index (κ2) is 6.68. The van der Waals surface area contributed by atoms with Gasteiger partial charge in [0.15, 0.2) is 0 Å². The third kappa shape index (κ3) is 2.71. The lowest BCUT2D eigenvalue weighted by Crippen LogP contribution is -2.19. The molecule has 1 aromatic heterocycles. The van der Waals surface area contributed by atoms with E-state index >= 15 is 0 Å². The van der Waals surface area contributed by atoms with Crippen molar-refractivity contribution >= 4 is 0 Å². The fourth-order valence-corrected chi connectivity index (χ4v) is 2.86. The van der Waals surface area contributed by atoms with E-state index < -0.39 is 11.8 Å². The van der Waals surface area contributed by atoms with E-state index in [0.29, 0.717) is 11.3 Å². The first-order valence-electron chi connectivity index (χ1n) is 7.46. The molecule has 2 aromatic carbocycles. The maximum atomic E-state index is 12.5. The molecule has 1 atom stereocenters. The van der Waals surface area contributed by atoms with Crippen molar-refractivity contribution in [1.29, 1.82) is 10.5 Å². The Bertz CT molecular complexity index is 944. The van der Waals surface area contributed by atoms with Crippen molar-refractivity contribution in [2.75, 3.05) is 0 Å². The van der Waals surface area contributed by atoms with Crippen LogP contribution >= 0.6 is 0 Å². The summed E-state index contributed by atoms with van der Waals surface area (Å²) < 4.78 is 0. The summed E-state index contributed by atoms with van der Waals surface area (Å²) in [7, 11) is 0. The lowest BCUT2D eigenvalue weighted by Gasteiger charge is -2.17. The molecule has 0 spiro atoms. The first-order valence-corrected chi connectivity index (χ1v) is 7.46. The van der Waals surface area contributed by atoms with Gasteiger partial charge in [-0.05, 0) is 11.1 Å². The molecule has 5 nitrogen and oxygen atoms in total. The van der Waals surface area contributed by atoms with E-state index in [9.17, 15) is 15.3 Å². The summed E-state index contributed by atoms with van der Waals surface area (Å²) in [6, 6.07) is 22.6. The first-order chi connectivity index (χ1) is 11.8. The van der Waals surface area contributed by atoms with Gasteiger partial charge >= 0.3 is 0 Å². The number of nitriles is 2. The minimum absolute atomic E-state index is 0.321. The Kier molecular flexibility index (Phi) is 4.27. The normalized spacial score (nSPS) is 11.6. The zero-order valence-corrected chi connectivity index (χ0v) is 12.7. The highest BCUT2D eigenvalue weighted by atomic mass is 16.1. The molecule has 0 aliphatic carbocycles. The van der Waals surface area contributed by atoms with Crippen molar-refractivity contribution < 1.29 is 0 Å². The van der Waals surface area contributed by atoms with Crippen LogP contribution in [0.1, 0.15) is 17.0 Å². The molecule has 0 unspecified atom stereocenters. The van der Waals surface area contributed by atoms with Gasteiger partial charge in [0.2, 0.25) is 0 Å². The molecule has 0 amide bonds. The molecule has 3 rings (SSSR count). The monoisotopic (exact) mass is 314 g/mol. The van der Waals surface area contributed by atoms with E-state index in [2.05, 4.69) is 10.2 Å². The number of hydrogen-bond donors (Lipinski definition) is 2. The predicted molar refractivity (Wildman–Crippen MR) is 89.9 cm³/mol. The fourth-order valence-electron chi connectivity index (χ4n) is 2.86. The van der Waals surface area contributed by atoms with E-state index in [1.54, 1.807) is 0 Å². The summed E-state index contributed by atoms with van der Waals surface area (Å²) in [5, 5.41) is 24.3. The molecule has 0 saturated carbocycles. The van der Waals surface area contributed by atoms with Crippen molar-refractivity contribution in [1.82, 2.24) is 10.2 Å². The Balaban J connectivity index is 2.24. The number of benzene rings is 2. The third-order valence-corrected chi connectivity index (χ3v) is 3.96. The van der Waals surface area contributed by atoms with E-state index in [1.807, 2.05) is 72.8 Å². The average Bonchev–Trinajstić information content (AvgIpc) is 3.02. The molecule has 0 aliphatic heterocycles. The van der Waals surface area contributed by atoms with Crippen LogP contribution in [0.2, 0.25) is 0 Å². The van der Waals surface area contributed by atoms with Crippen LogP contribution in [0, 0.1) is 28.6 Å². The van der Waals surface area contributed by atoms with Crippen molar-refractivity contribution in [2.24, 2.45) is 5.92 Å². The van der Waals surface area contributed by atoms with Gasteiger partial charge in [-0.1, -0.05) is 60.7 Å². The molecule has 0 saturated heterocycles. The molecular formula is C19H14N4O. The van der Waals surface area contributed by atoms with Crippen molar-refractivity contribution in [3.05, 3.63) is 82.1 Å². The molecule has 0 radical (unpaired) electrons. The van der Waals surface area contributed by atoms with Crippen LogP contribution in [0.3, 0.4) is 0 Å². The summed E-state index contributed by atoms with van der Waals surface area (Å²) in [4.78, 5) is 12.5. The molecule has 24 heavy (non-hydrogen) atoms. The van der Waals surface area contributed by atoms with Gasteiger partial charge in [0.05, 0.1) is 23.4 Å². The van der Waals surface area contributed by atoms with Crippen molar-refractivity contribution in [3.63, 3.8) is 0 Å². The quantitative estimate of drug-likeness (QED) is 0.774. The smallest absolute Gasteiger partial charge is 0.268 e. The molecule has 3 aromatic rings. The molecule has 0 fully saturated rings. The Morgan fingerprint density at radius 2 is 1.42 bits per heavy atom. The Morgan fingerprint density at radius 1 is 0.833 bits per heavy atom. The van der Waals surface area contributed by atoms with Crippen molar-refractivity contribution in [3.8, 4) is 23.4 Å². The lowest BCUT2D eigenvalue weighted by molar-refractivity contribution is 0.706. The van der Waals surface area contributed by atoms with Gasteiger partial charge in [-0.15, -0.1) is 0 Å². The van der Waals surface area contributed by atoms with Gasteiger partial charge in [-0.3, -0.25) is 15.0 Å². The first kappa shape index (κ1) is 15.3. The fraction of sp³-hybridized carbons (Fsp3) is 0.105. The zero-order chi connectivity index (χ0) is 16.9. The summed E-state index contributed by atoms with van der Waals surface area (Å²) in [6.07, 6.45) is 0. The maximum Gasteiger partial charge on any atom is 0.268 e. The third-order valence-electron chi connectivity index (χ3n) is 3.96. The number of hydrogen-bond acceptors (Lipinski definition) is 3. The predicted octanol–water partition coefficient (Wildman–Crippen LogP) is 3.17. The molecule has 0 aliphatic rings. The number of aromatic nitrogens is 2. The van der Waals surface area contributed by atoms with E-state index in [0.717, 1.165) is 11.1 Å². The maximum absolute atomic E-state index is 12.5. The van der Waals surface area contributed by atoms with Crippen LogP contribution in [0.15, 0.2) is 65.5 Å². The van der Waals surface area contributed by atoms with Gasteiger partial charge < -0.3 is 0 Å². The number of H-pyrrole nitrogens is 2. The van der Waals surface area contributed by atoms with Crippen molar-refractivity contribution in [2.45, 2.75) is 5.92 Å². The Morgan fingerprint density at radius 3 is 2.00 bits per heavy atom. The number of nitrogens with zero attached hydrogens (tertiary/aromatic N) is 2. The average molecular weight is 314 g/mol. The van der Waals surface area contributed by atoms with Crippen LogP contribution in [0.5, 0.6) is 0 Å². The summed E-state index contributed by atoms with van der Waals surface area (Å²) in [5.41, 5.74) is 2.26. The van der Waals surface area contributed by atoms with E-state index in [4.69, 9.17) is 0 Å². The number of nitrogens with one attached hydrogen (secondary N) is 2. The molecular weight excluding hydrogens is 300 g/mol. The van der Waals surface area contributed by atoms with Gasteiger partial charge in [0.1, 0.15) is 5.92 Å². The zero-order valence-electron chi connectivity index (χ0n) is 12.7. The molecule has 1 heterocycles. The number of rotatable bonds is 4. The van der Waals surface area contributed by atoms with Crippen LogP contribution in [-0.4, -0.2) is 10.2 Å². The van der Waals surface area contributed by atoms with Crippen LogP contribution in [0.4, 0.5) is 0 Å². The molecule has 2 N–H and O–H groups in total. The van der Waals surface area contributed by atoms with Crippen LogP contribution < -0.4 is 5.56 Å². The minimum Gasteiger partial charge on any atom is -0.297 e. The highest BCUT2D eigenvalue weighted by molar-refractivity contribution is 5.64. The lowest BCUT2D eigenvalue weighted by atomic mass is 9.81. The van der Waals surface area contributed by atoms with Gasteiger partial charge in [-0.25, -0.2) is 0 Å². The largest absolute Gasteiger partial charge is 0.297 e. The summed E-state index contributed by atoms with van der Waals surface area (Å²) >= 11 is 0. The van der Waals surface area contributed by atoms with Gasteiger partial charge in [0.25, 0.3) is 5.56 Å². The topological polar surface area (TPSA) is 96.2 Å². The minimum atomic E-state index is -0.966. The second-order valence-electron chi connectivity index (χ2n) is 5.36. The highest BCUT2D eigenvalue weighted by Crippen LogP contribution is 2.34. The SMILES string of the molecule is N#CC(C#N)[C@@H](c1ccccc1)c1c(-c2ccccc2)[nH][nH]c1=O. The Labute approximate surface area is 138 Å². The van der Waals surface area contributed by atoms with E-state index in [1.165, 1.54) is 0 Å². The molecule has 5 heteroatoms. The standard InChI is InChI=1S/C19H14N4O/c20-11-15(12-21)16(13-7-3-1-4-8-13)17-18(22-23-19(17)24)14-9-5-2-6-10-14/h1-10,15-16H,(H2,22,23,24)/t16-/m1/s1. The van der Waals surface area contributed by atoms with Crippen LogP contribution in [-0.2, 0) is 0 Å². The molecule has 116 valence electrons. The summed E-state index contributed by atoms with van der Waals surface area (Å²) in [6.45, 7) is 0. The molecule has 0 bridgehead atoms. The van der Waals surface area contributed by atoms with Crippen LogP contribution in [0.25, 0.3) is 11.3 Å². The van der Waals surface area contributed by atoms with E-state index in [-0.39, 0.29) is 5.56 Å². The highest BCUT2D eigenvalue weighted by Gasteiger charge is 2.31. The summed E-state index contributed by atoms with van der Waals surface area (Å²) in [5.74, 6) is -1.60.